The largest absolute Gasteiger partial charge is 0.484 e. The highest BCUT2D eigenvalue weighted by atomic mass is 79.9. The lowest BCUT2D eigenvalue weighted by molar-refractivity contribution is -0.118. The molecule has 0 aliphatic heterocycles. The van der Waals surface area contributed by atoms with Crippen LogP contribution in [0.25, 0.3) is 0 Å². The molecule has 0 fully saturated rings. The number of halogens is 2. The van der Waals surface area contributed by atoms with E-state index in [0.717, 1.165) is 4.47 Å². The SMILES string of the molecule is O=C(COc1ccc(Br)cc1)Nc1cccc(C(=O)Nc2cccc(F)c2)c1. The maximum absolute atomic E-state index is 13.2. The van der Waals surface area contributed by atoms with E-state index in [0.29, 0.717) is 22.7 Å². The molecule has 28 heavy (non-hydrogen) atoms. The van der Waals surface area contributed by atoms with Crippen molar-refractivity contribution in [2.24, 2.45) is 0 Å². The molecule has 0 aliphatic carbocycles. The zero-order valence-corrected chi connectivity index (χ0v) is 16.2. The van der Waals surface area contributed by atoms with Gasteiger partial charge in [-0.05, 0) is 60.7 Å². The Morgan fingerprint density at radius 2 is 1.57 bits per heavy atom. The Morgan fingerprint density at radius 1 is 0.893 bits per heavy atom. The van der Waals surface area contributed by atoms with E-state index in [1.165, 1.54) is 24.3 Å². The van der Waals surface area contributed by atoms with Gasteiger partial charge in [0.1, 0.15) is 11.6 Å². The van der Waals surface area contributed by atoms with E-state index in [-0.39, 0.29) is 12.5 Å². The van der Waals surface area contributed by atoms with Gasteiger partial charge in [-0.2, -0.15) is 0 Å². The number of hydrogen-bond donors (Lipinski definition) is 2. The Balaban J connectivity index is 1.58. The topological polar surface area (TPSA) is 67.4 Å². The van der Waals surface area contributed by atoms with Crippen LogP contribution in [-0.2, 0) is 4.79 Å². The van der Waals surface area contributed by atoms with Gasteiger partial charge in [-0.15, -0.1) is 0 Å². The zero-order chi connectivity index (χ0) is 19.9. The van der Waals surface area contributed by atoms with Gasteiger partial charge in [-0.25, -0.2) is 4.39 Å². The van der Waals surface area contributed by atoms with Crippen molar-refractivity contribution >= 4 is 39.1 Å². The van der Waals surface area contributed by atoms with Crippen LogP contribution >= 0.6 is 15.9 Å². The van der Waals surface area contributed by atoms with Crippen LogP contribution in [0.15, 0.2) is 77.3 Å². The fourth-order valence-electron chi connectivity index (χ4n) is 2.38. The minimum Gasteiger partial charge on any atom is -0.484 e. The van der Waals surface area contributed by atoms with E-state index in [2.05, 4.69) is 26.6 Å². The number of carbonyl (C=O) groups excluding carboxylic acids is 2. The van der Waals surface area contributed by atoms with Crippen molar-refractivity contribution in [3.8, 4) is 5.75 Å². The molecule has 2 amide bonds. The second kappa shape index (κ2) is 9.14. The van der Waals surface area contributed by atoms with Crippen molar-refractivity contribution in [3.63, 3.8) is 0 Å². The molecule has 3 aromatic rings. The van der Waals surface area contributed by atoms with Gasteiger partial charge in [0.05, 0.1) is 0 Å². The van der Waals surface area contributed by atoms with Crippen molar-refractivity contribution in [1.29, 1.82) is 0 Å². The molecule has 0 aromatic heterocycles. The van der Waals surface area contributed by atoms with Crippen LogP contribution in [0.4, 0.5) is 15.8 Å². The smallest absolute Gasteiger partial charge is 0.262 e. The van der Waals surface area contributed by atoms with E-state index in [1.54, 1.807) is 36.4 Å². The fourth-order valence-corrected chi connectivity index (χ4v) is 2.65. The van der Waals surface area contributed by atoms with Crippen molar-refractivity contribution in [2.75, 3.05) is 17.2 Å². The first kappa shape index (κ1) is 19.6. The summed E-state index contributed by atoms with van der Waals surface area (Å²) in [6.07, 6.45) is 0. The average Bonchev–Trinajstić information content (AvgIpc) is 2.68. The fraction of sp³-hybridized carbons (Fsp3) is 0.0476. The second-order valence-corrected chi connectivity index (χ2v) is 6.75. The molecule has 3 aromatic carbocycles. The summed E-state index contributed by atoms with van der Waals surface area (Å²) in [4.78, 5) is 24.4. The van der Waals surface area contributed by atoms with E-state index < -0.39 is 11.7 Å². The highest BCUT2D eigenvalue weighted by molar-refractivity contribution is 9.10. The van der Waals surface area contributed by atoms with E-state index in [9.17, 15) is 14.0 Å². The Kier molecular flexibility index (Phi) is 6.39. The Morgan fingerprint density at radius 3 is 2.29 bits per heavy atom. The Hall–Kier alpha value is -3.19. The molecule has 0 radical (unpaired) electrons. The minimum atomic E-state index is -0.440. The highest BCUT2D eigenvalue weighted by Gasteiger charge is 2.09. The monoisotopic (exact) mass is 442 g/mol. The minimum absolute atomic E-state index is 0.165. The second-order valence-electron chi connectivity index (χ2n) is 5.84. The molecule has 0 saturated heterocycles. The van der Waals surface area contributed by atoms with E-state index in [1.807, 2.05) is 12.1 Å². The first-order chi connectivity index (χ1) is 13.5. The van der Waals surface area contributed by atoms with Gasteiger partial charge in [-0.1, -0.05) is 28.1 Å². The normalized spacial score (nSPS) is 10.2. The van der Waals surface area contributed by atoms with Crippen molar-refractivity contribution in [2.45, 2.75) is 0 Å². The number of benzene rings is 3. The molecule has 3 rings (SSSR count). The maximum atomic E-state index is 13.2. The first-order valence-corrected chi connectivity index (χ1v) is 9.14. The predicted octanol–water partition coefficient (Wildman–Crippen LogP) is 4.86. The molecule has 5 nitrogen and oxygen atoms in total. The number of nitrogens with one attached hydrogen (secondary N) is 2. The number of hydrogen-bond acceptors (Lipinski definition) is 3. The summed E-state index contributed by atoms with van der Waals surface area (Å²) in [7, 11) is 0. The van der Waals surface area contributed by atoms with Gasteiger partial charge < -0.3 is 15.4 Å². The van der Waals surface area contributed by atoms with Crippen molar-refractivity contribution in [1.82, 2.24) is 0 Å². The van der Waals surface area contributed by atoms with Gasteiger partial charge in [0, 0.05) is 21.4 Å². The van der Waals surface area contributed by atoms with E-state index in [4.69, 9.17) is 4.74 Å². The molecule has 0 atom stereocenters. The van der Waals surface area contributed by atoms with Gasteiger partial charge in [0.25, 0.3) is 11.8 Å². The molecular formula is C21H16BrFN2O3. The number of amides is 2. The highest BCUT2D eigenvalue weighted by Crippen LogP contribution is 2.17. The lowest BCUT2D eigenvalue weighted by Crippen LogP contribution is -2.20. The van der Waals surface area contributed by atoms with Gasteiger partial charge in [0.2, 0.25) is 0 Å². The summed E-state index contributed by atoms with van der Waals surface area (Å²) < 4.78 is 19.6. The van der Waals surface area contributed by atoms with Crippen LogP contribution in [0.2, 0.25) is 0 Å². The van der Waals surface area contributed by atoms with Crippen LogP contribution in [0.5, 0.6) is 5.75 Å². The summed E-state index contributed by atoms with van der Waals surface area (Å²) >= 11 is 3.33. The summed E-state index contributed by atoms with van der Waals surface area (Å²) in [5, 5.41) is 5.29. The molecule has 2 N–H and O–H groups in total. The number of carbonyl (C=O) groups is 2. The van der Waals surface area contributed by atoms with E-state index >= 15 is 0 Å². The van der Waals surface area contributed by atoms with Crippen molar-refractivity contribution in [3.05, 3.63) is 88.6 Å². The predicted molar refractivity (Wildman–Crippen MR) is 109 cm³/mol. The van der Waals surface area contributed by atoms with Gasteiger partial charge in [-0.3, -0.25) is 9.59 Å². The number of anilines is 2. The molecule has 0 unspecified atom stereocenters. The van der Waals surface area contributed by atoms with Crippen LogP contribution in [0.1, 0.15) is 10.4 Å². The third-order valence-corrected chi connectivity index (χ3v) is 4.20. The summed E-state index contributed by atoms with van der Waals surface area (Å²) in [5.41, 5.74) is 1.13. The number of rotatable bonds is 6. The Labute approximate surface area is 169 Å². The number of ether oxygens (including phenoxy) is 1. The van der Waals surface area contributed by atoms with Crippen LogP contribution in [-0.4, -0.2) is 18.4 Å². The molecule has 142 valence electrons. The maximum Gasteiger partial charge on any atom is 0.262 e. The standard InChI is InChI=1S/C21H16BrFN2O3/c22-15-7-9-19(10-8-15)28-13-20(26)24-17-5-1-3-14(11-17)21(27)25-18-6-2-4-16(23)12-18/h1-12H,13H2,(H,24,26)(H,25,27). The third-order valence-electron chi connectivity index (χ3n) is 3.67. The van der Waals surface area contributed by atoms with Crippen LogP contribution < -0.4 is 15.4 Å². The lowest BCUT2D eigenvalue weighted by Gasteiger charge is -2.09. The van der Waals surface area contributed by atoms with Crippen LogP contribution in [0.3, 0.4) is 0 Å². The Bertz CT molecular complexity index is 993. The summed E-state index contributed by atoms with van der Waals surface area (Å²) in [6.45, 7) is -0.165. The van der Waals surface area contributed by atoms with Gasteiger partial charge >= 0.3 is 0 Å². The zero-order valence-electron chi connectivity index (χ0n) is 14.6. The third kappa shape index (κ3) is 5.65. The average molecular weight is 443 g/mol. The molecule has 7 heteroatoms. The molecule has 0 aliphatic rings. The molecule has 0 bridgehead atoms. The van der Waals surface area contributed by atoms with Gasteiger partial charge in [0.15, 0.2) is 6.61 Å². The lowest BCUT2D eigenvalue weighted by atomic mass is 10.2. The molecule has 0 spiro atoms. The molecule has 0 saturated carbocycles. The van der Waals surface area contributed by atoms with Crippen molar-refractivity contribution < 1.29 is 18.7 Å². The first-order valence-electron chi connectivity index (χ1n) is 8.35. The quantitative estimate of drug-likeness (QED) is 0.572. The summed E-state index contributed by atoms with van der Waals surface area (Å²) in [5.74, 6) is -0.635. The van der Waals surface area contributed by atoms with Crippen LogP contribution in [0, 0.1) is 5.82 Å². The molecule has 0 heterocycles. The molecular weight excluding hydrogens is 427 g/mol. The summed E-state index contributed by atoms with van der Waals surface area (Å²) in [6, 6.07) is 19.2.